The predicted octanol–water partition coefficient (Wildman–Crippen LogP) is 5.53. The molecule has 0 aromatic heterocycles. The maximum Gasteiger partial charge on any atom is 0.244 e. The minimum absolute atomic E-state index is 0.0611. The van der Waals surface area contributed by atoms with Gasteiger partial charge in [0, 0.05) is 9.90 Å². The maximum atomic E-state index is 12.8. The second kappa shape index (κ2) is 8.58. The number of hydrogen-bond acceptors (Lipinski definition) is 2. The van der Waals surface area contributed by atoms with Gasteiger partial charge in [-0.3, -0.25) is 4.79 Å². The van der Waals surface area contributed by atoms with Gasteiger partial charge in [0.2, 0.25) is 5.91 Å². The molecule has 0 bridgehead atoms. The van der Waals surface area contributed by atoms with Crippen molar-refractivity contribution in [3.63, 3.8) is 0 Å². The molecule has 1 aliphatic carbocycles. The Hall–Kier alpha value is -2.98. The Morgan fingerprint density at radius 1 is 0.897 bits per heavy atom. The summed E-state index contributed by atoms with van der Waals surface area (Å²) in [6.45, 7) is 0. The summed E-state index contributed by atoms with van der Waals surface area (Å²) in [5.41, 5.74) is 5.83. The van der Waals surface area contributed by atoms with E-state index in [1.165, 1.54) is 11.1 Å². The van der Waals surface area contributed by atoms with Gasteiger partial charge in [-0.15, -0.1) is 0 Å². The summed E-state index contributed by atoms with van der Waals surface area (Å²) in [6, 6.07) is 30.4. The van der Waals surface area contributed by atoms with Crippen LogP contribution >= 0.6 is 15.9 Å². The topological polar surface area (TPSA) is 41.5 Å². The molecular weight excluding hydrogens is 424 g/mol. The van der Waals surface area contributed by atoms with Crippen LogP contribution in [0.25, 0.3) is 6.08 Å². The van der Waals surface area contributed by atoms with Gasteiger partial charge in [0.05, 0.1) is 12.1 Å². The van der Waals surface area contributed by atoms with Crippen molar-refractivity contribution in [1.82, 2.24) is 5.43 Å². The van der Waals surface area contributed by atoms with E-state index in [1.54, 1.807) is 6.21 Å². The summed E-state index contributed by atoms with van der Waals surface area (Å²) in [5.74, 6) is -0.199. The number of nitrogens with one attached hydrogen (secondary N) is 1. The van der Waals surface area contributed by atoms with Crippen molar-refractivity contribution in [2.45, 2.75) is 11.8 Å². The van der Waals surface area contributed by atoms with Crippen molar-refractivity contribution in [3.8, 4) is 0 Å². The molecule has 0 heterocycles. The minimum atomic E-state index is -0.279. The largest absolute Gasteiger partial charge is 0.273 e. The number of carbonyl (C=O) groups is 1. The molecule has 3 aromatic carbocycles. The number of hydrogen-bond donors (Lipinski definition) is 1. The Bertz CT molecular complexity index is 991. The van der Waals surface area contributed by atoms with Crippen molar-refractivity contribution < 1.29 is 4.79 Å². The van der Waals surface area contributed by atoms with Crippen molar-refractivity contribution >= 4 is 34.1 Å². The number of halogens is 1. The van der Waals surface area contributed by atoms with Crippen LogP contribution in [0, 0.1) is 5.92 Å². The zero-order chi connectivity index (χ0) is 20.1. The third-order valence-electron chi connectivity index (χ3n) is 5.32. The molecule has 4 rings (SSSR count). The van der Waals surface area contributed by atoms with E-state index in [4.69, 9.17) is 0 Å². The Morgan fingerprint density at radius 2 is 1.41 bits per heavy atom. The van der Waals surface area contributed by atoms with E-state index in [9.17, 15) is 4.79 Å². The summed E-state index contributed by atoms with van der Waals surface area (Å²) < 4.78 is 0.789. The molecule has 0 spiro atoms. The lowest BCUT2D eigenvalue weighted by molar-refractivity contribution is -0.122. The fourth-order valence-corrected chi connectivity index (χ4v) is 4.20. The monoisotopic (exact) mass is 444 g/mol. The normalized spacial score (nSPS) is 17.8. The highest BCUT2D eigenvalue weighted by Gasteiger charge is 2.60. The van der Waals surface area contributed by atoms with E-state index in [0.717, 1.165) is 16.5 Å². The lowest BCUT2D eigenvalue weighted by atomic mass is 9.85. The second-order valence-corrected chi connectivity index (χ2v) is 8.05. The van der Waals surface area contributed by atoms with E-state index >= 15 is 0 Å². The first-order valence-corrected chi connectivity index (χ1v) is 10.4. The number of rotatable bonds is 6. The Balaban J connectivity index is 1.48. The van der Waals surface area contributed by atoms with E-state index in [0.29, 0.717) is 0 Å². The number of benzene rings is 3. The van der Waals surface area contributed by atoms with Crippen molar-refractivity contribution in [2.75, 3.05) is 0 Å². The summed E-state index contributed by atoms with van der Waals surface area (Å²) >= 11 is 3.47. The van der Waals surface area contributed by atoms with E-state index < -0.39 is 0 Å². The molecule has 3 aromatic rings. The average molecular weight is 445 g/mol. The number of amides is 1. The summed E-state index contributed by atoms with van der Waals surface area (Å²) in [6.07, 6.45) is 4.34. The van der Waals surface area contributed by atoms with Gasteiger partial charge < -0.3 is 0 Å². The van der Waals surface area contributed by atoms with Gasteiger partial charge in [-0.2, -0.15) is 5.10 Å². The van der Waals surface area contributed by atoms with E-state index in [2.05, 4.69) is 50.7 Å². The Labute approximate surface area is 179 Å². The molecule has 0 radical (unpaired) electrons. The standard InChI is InChI=1S/C25H21BrN2O/c26-22(16-19-10-4-1-5-11-19)18-27-28-24(29)23-17-25(23,20-12-6-2-7-13-20)21-14-8-3-9-15-21/h1-16,18,23H,17H2,(H,28,29)/b22-16+,27-18?/t23-/m0/s1. The first kappa shape index (κ1) is 19.3. The smallest absolute Gasteiger partial charge is 0.244 e. The molecule has 3 nitrogen and oxygen atoms in total. The van der Waals surface area contributed by atoms with Crippen LogP contribution in [0.4, 0.5) is 0 Å². The van der Waals surface area contributed by atoms with Crippen molar-refractivity contribution in [2.24, 2.45) is 11.0 Å². The van der Waals surface area contributed by atoms with E-state index in [-0.39, 0.29) is 17.2 Å². The second-order valence-electron chi connectivity index (χ2n) is 7.13. The van der Waals surface area contributed by atoms with Crippen LogP contribution in [-0.2, 0) is 10.2 Å². The van der Waals surface area contributed by atoms with Gasteiger partial charge in [-0.05, 0) is 45.1 Å². The third-order valence-corrected chi connectivity index (χ3v) is 5.76. The van der Waals surface area contributed by atoms with Gasteiger partial charge >= 0.3 is 0 Å². The van der Waals surface area contributed by atoms with E-state index in [1.807, 2.05) is 72.8 Å². The van der Waals surface area contributed by atoms with Crippen LogP contribution in [0.5, 0.6) is 0 Å². The minimum Gasteiger partial charge on any atom is -0.273 e. The highest BCUT2D eigenvalue weighted by Crippen LogP contribution is 2.58. The molecule has 1 amide bonds. The molecule has 0 aliphatic heterocycles. The van der Waals surface area contributed by atoms with Gasteiger partial charge in [-0.1, -0.05) is 91.0 Å². The number of carbonyl (C=O) groups excluding carboxylic acids is 1. The molecule has 0 saturated heterocycles. The predicted molar refractivity (Wildman–Crippen MR) is 122 cm³/mol. The Morgan fingerprint density at radius 3 is 1.97 bits per heavy atom. The Kier molecular flexibility index (Phi) is 5.72. The van der Waals surface area contributed by atoms with Crippen LogP contribution in [0.1, 0.15) is 23.1 Å². The lowest BCUT2D eigenvalue weighted by Gasteiger charge is -2.18. The van der Waals surface area contributed by atoms with Gasteiger partial charge in [-0.25, -0.2) is 5.43 Å². The molecule has 4 heteroatoms. The lowest BCUT2D eigenvalue weighted by Crippen LogP contribution is -2.25. The van der Waals surface area contributed by atoms with Gasteiger partial charge in [0.15, 0.2) is 0 Å². The average Bonchev–Trinajstić information content (AvgIpc) is 3.53. The van der Waals surface area contributed by atoms with Crippen LogP contribution in [0.2, 0.25) is 0 Å². The first-order chi connectivity index (χ1) is 14.2. The van der Waals surface area contributed by atoms with Crippen LogP contribution in [-0.4, -0.2) is 12.1 Å². The number of nitrogens with zero attached hydrogens (tertiary/aromatic N) is 1. The summed E-state index contributed by atoms with van der Waals surface area (Å²) in [4.78, 5) is 12.8. The van der Waals surface area contributed by atoms with Crippen LogP contribution in [0.3, 0.4) is 0 Å². The van der Waals surface area contributed by atoms with Crippen LogP contribution in [0.15, 0.2) is 101 Å². The molecule has 144 valence electrons. The molecule has 1 atom stereocenters. The SMILES string of the molecule is O=C(NN=C/C(Br)=C\c1ccccc1)[C@@H]1CC1(c1ccccc1)c1ccccc1. The number of hydrazone groups is 1. The third kappa shape index (κ3) is 4.22. The molecule has 1 aliphatic rings. The summed E-state index contributed by atoms with van der Waals surface area (Å²) in [7, 11) is 0. The van der Waals surface area contributed by atoms with Crippen molar-refractivity contribution in [3.05, 3.63) is 112 Å². The molecule has 1 saturated carbocycles. The van der Waals surface area contributed by atoms with Gasteiger partial charge in [0.1, 0.15) is 0 Å². The fourth-order valence-electron chi connectivity index (χ4n) is 3.84. The molecular formula is C25H21BrN2O. The maximum absolute atomic E-state index is 12.8. The van der Waals surface area contributed by atoms with Crippen molar-refractivity contribution in [1.29, 1.82) is 0 Å². The molecule has 1 N–H and O–H groups in total. The molecule has 1 fully saturated rings. The molecule has 29 heavy (non-hydrogen) atoms. The zero-order valence-corrected chi connectivity index (χ0v) is 17.4. The quantitative estimate of drug-likeness (QED) is 0.394. The summed E-state index contributed by atoms with van der Waals surface area (Å²) in [5, 5.41) is 4.14. The molecule has 0 unspecified atom stereocenters. The highest BCUT2D eigenvalue weighted by molar-refractivity contribution is 9.12. The number of allylic oxidation sites excluding steroid dienone is 1. The highest BCUT2D eigenvalue weighted by atomic mass is 79.9. The zero-order valence-electron chi connectivity index (χ0n) is 15.8. The fraction of sp³-hybridized carbons (Fsp3) is 0.120. The van der Waals surface area contributed by atoms with Crippen LogP contribution < -0.4 is 5.43 Å². The van der Waals surface area contributed by atoms with Gasteiger partial charge in [0.25, 0.3) is 0 Å². The first-order valence-electron chi connectivity index (χ1n) is 9.56.